The molecular weight excluding hydrogens is 446 g/mol. The fraction of sp³-hybridized carbons (Fsp3) is 0.350. The van der Waals surface area contributed by atoms with E-state index < -0.39 is 32.6 Å². The predicted molar refractivity (Wildman–Crippen MR) is 107 cm³/mol. The van der Waals surface area contributed by atoms with Gasteiger partial charge in [-0.25, -0.2) is 8.42 Å². The summed E-state index contributed by atoms with van der Waals surface area (Å²) in [6.45, 7) is 1.81. The molecule has 3 atom stereocenters. The van der Waals surface area contributed by atoms with Crippen LogP contribution >= 0.6 is 15.9 Å². The molecule has 2 aromatic carbocycles. The van der Waals surface area contributed by atoms with Gasteiger partial charge in [0.25, 0.3) is 0 Å². The zero-order valence-electron chi connectivity index (χ0n) is 15.7. The van der Waals surface area contributed by atoms with Crippen molar-refractivity contribution in [2.45, 2.75) is 35.1 Å². The number of nitrogens with zero attached hydrogens (tertiary/aromatic N) is 1. The minimum Gasteiger partial charge on any atom is -0.497 e. The number of likely N-dealkylation sites (tertiary alicyclic amines) is 1. The number of sulfone groups is 1. The first kappa shape index (κ1) is 19.3. The van der Waals surface area contributed by atoms with E-state index >= 15 is 0 Å². The van der Waals surface area contributed by atoms with Crippen LogP contribution in [-0.4, -0.2) is 44.4 Å². The maximum absolute atomic E-state index is 13.5. The van der Waals surface area contributed by atoms with Gasteiger partial charge in [0.05, 0.1) is 12.0 Å². The Morgan fingerprint density at radius 1 is 1.21 bits per heavy atom. The number of carbonyl (C=O) groups is 1. The maximum atomic E-state index is 13.5. The maximum Gasteiger partial charge on any atom is 0.244 e. The normalized spacial score (nSPS) is 26.4. The number of halogens is 1. The highest BCUT2D eigenvalue weighted by atomic mass is 79.9. The SMILES string of the molecule is COc1ccc2c(c1)[C@H]1C[C@@](C)(O2)N(C)C(=O)[C@H]1S(=O)(=O)c1ccc(Br)cc1. The van der Waals surface area contributed by atoms with Crippen molar-refractivity contribution in [2.24, 2.45) is 0 Å². The number of carbonyl (C=O) groups excluding carboxylic acids is 1. The molecule has 8 heteroatoms. The molecule has 0 spiro atoms. The molecular formula is C20H20BrNO5S. The number of ether oxygens (including phenoxy) is 2. The molecule has 2 aromatic rings. The van der Waals surface area contributed by atoms with Gasteiger partial charge < -0.3 is 14.4 Å². The molecule has 0 unspecified atom stereocenters. The third-order valence-electron chi connectivity index (χ3n) is 5.67. The summed E-state index contributed by atoms with van der Waals surface area (Å²) < 4.78 is 39.2. The van der Waals surface area contributed by atoms with E-state index in [2.05, 4.69) is 15.9 Å². The Balaban J connectivity index is 1.89. The second-order valence-electron chi connectivity index (χ2n) is 7.31. The van der Waals surface area contributed by atoms with Crippen LogP contribution in [0, 0.1) is 0 Å². The third-order valence-corrected chi connectivity index (χ3v) is 8.33. The van der Waals surface area contributed by atoms with Crippen molar-refractivity contribution in [3.05, 3.63) is 52.5 Å². The molecule has 148 valence electrons. The van der Waals surface area contributed by atoms with Gasteiger partial charge in [0.1, 0.15) is 11.5 Å². The fourth-order valence-corrected chi connectivity index (χ4v) is 6.20. The molecule has 0 aromatic heterocycles. The van der Waals surface area contributed by atoms with Crippen LogP contribution in [0.5, 0.6) is 11.5 Å². The summed E-state index contributed by atoms with van der Waals surface area (Å²) in [6, 6.07) is 11.7. The number of piperidine rings is 1. The minimum atomic E-state index is -3.91. The molecule has 0 N–H and O–H groups in total. The van der Waals surface area contributed by atoms with E-state index in [-0.39, 0.29) is 4.90 Å². The number of hydrogen-bond acceptors (Lipinski definition) is 5. The topological polar surface area (TPSA) is 72.9 Å². The Bertz CT molecular complexity index is 1050. The molecule has 2 aliphatic rings. The van der Waals surface area contributed by atoms with Gasteiger partial charge in [-0.3, -0.25) is 4.79 Å². The van der Waals surface area contributed by atoms with Crippen molar-refractivity contribution in [1.29, 1.82) is 0 Å². The average molecular weight is 466 g/mol. The fourth-order valence-electron chi connectivity index (χ4n) is 4.02. The Hall–Kier alpha value is -2.06. The van der Waals surface area contributed by atoms with Crippen molar-refractivity contribution in [3.8, 4) is 11.5 Å². The van der Waals surface area contributed by atoms with Gasteiger partial charge in [0.15, 0.2) is 20.8 Å². The van der Waals surface area contributed by atoms with E-state index in [0.717, 1.165) is 4.47 Å². The summed E-state index contributed by atoms with van der Waals surface area (Å²) in [5.74, 6) is 0.184. The number of rotatable bonds is 3. The molecule has 0 saturated carbocycles. The quantitative estimate of drug-likeness (QED) is 0.694. The van der Waals surface area contributed by atoms with Crippen LogP contribution in [0.25, 0.3) is 0 Å². The average Bonchev–Trinajstić information content (AvgIpc) is 2.66. The highest BCUT2D eigenvalue weighted by Gasteiger charge is 2.57. The van der Waals surface area contributed by atoms with Crippen molar-refractivity contribution in [2.75, 3.05) is 14.2 Å². The summed E-state index contributed by atoms with van der Waals surface area (Å²) in [4.78, 5) is 14.8. The van der Waals surface area contributed by atoms with E-state index in [1.54, 1.807) is 44.5 Å². The van der Waals surface area contributed by atoms with Gasteiger partial charge in [0.2, 0.25) is 5.91 Å². The molecule has 0 radical (unpaired) electrons. The lowest BCUT2D eigenvalue weighted by atomic mass is 9.80. The van der Waals surface area contributed by atoms with Crippen LogP contribution in [0.15, 0.2) is 51.8 Å². The second-order valence-corrected chi connectivity index (χ2v) is 10.3. The molecule has 28 heavy (non-hydrogen) atoms. The summed E-state index contributed by atoms with van der Waals surface area (Å²) in [5.41, 5.74) is -0.210. The zero-order valence-corrected chi connectivity index (χ0v) is 18.1. The van der Waals surface area contributed by atoms with Gasteiger partial charge >= 0.3 is 0 Å². The molecule has 1 amide bonds. The number of hydrogen-bond donors (Lipinski definition) is 0. The van der Waals surface area contributed by atoms with Crippen LogP contribution in [-0.2, 0) is 14.6 Å². The van der Waals surface area contributed by atoms with Crippen LogP contribution in [0.1, 0.15) is 24.8 Å². The molecule has 6 nitrogen and oxygen atoms in total. The van der Waals surface area contributed by atoms with Gasteiger partial charge in [-0.2, -0.15) is 0 Å². The Labute approximate surface area is 172 Å². The lowest BCUT2D eigenvalue weighted by Crippen LogP contribution is -2.64. The van der Waals surface area contributed by atoms with Gasteiger partial charge in [-0.05, 0) is 49.4 Å². The Morgan fingerprint density at radius 3 is 2.54 bits per heavy atom. The molecule has 1 fully saturated rings. The summed E-state index contributed by atoms with van der Waals surface area (Å²) in [6.07, 6.45) is 0.385. The summed E-state index contributed by atoms with van der Waals surface area (Å²) >= 11 is 3.32. The van der Waals surface area contributed by atoms with Crippen molar-refractivity contribution in [1.82, 2.24) is 4.90 Å². The van der Waals surface area contributed by atoms with Gasteiger partial charge in [-0.15, -0.1) is 0 Å². The third kappa shape index (κ3) is 2.81. The molecule has 1 saturated heterocycles. The molecule has 2 bridgehead atoms. The second kappa shape index (κ2) is 6.49. The van der Waals surface area contributed by atoms with E-state index in [4.69, 9.17) is 9.47 Å². The van der Waals surface area contributed by atoms with Crippen molar-refractivity contribution < 1.29 is 22.7 Å². The van der Waals surface area contributed by atoms with Gasteiger partial charge in [-0.1, -0.05) is 15.9 Å². The lowest BCUT2D eigenvalue weighted by Gasteiger charge is -2.51. The summed E-state index contributed by atoms with van der Waals surface area (Å²) in [5, 5.41) is -1.22. The van der Waals surface area contributed by atoms with Gasteiger partial charge in [0, 0.05) is 29.4 Å². The number of benzene rings is 2. The molecule has 4 rings (SSSR count). The highest BCUT2D eigenvalue weighted by Crippen LogP contribution is 2.50. The Morgan fingerprint density at radius 2 is 1.89 bits per heavy atom. The highest BCUT2D eigenvalue weighted by molar-refractivity contribution is 9.10. The first-order chi connectivity index (χ1) is 13.2. The van der Waals surface area contributed by atoms with Crippen LogP contribution < -0.4 is 9.47 Å². The molecule has 2 heterocycles. The number of methoxy groups -OCH3 is 1. The largest absolute Gasteiger partial charge is 0.497 e. The van der Waals surface area contributed by atoms with Crippen LogP contribution in [0.2, 0.25) is 0 Å². The first-order valence-corrected chi connectivity index (χ1v) is 11.2. The smallest absolute Gasteiger partial charge is 0.244 e. The van der Waals surface area contributed by atoms with E-state index in [9.17, 15) is 13.2 Å². The predicted octanol–water partition coefficient (Wildman–Crippen LogP) is 3.35. The minimum absolute atomic E-state index is 0.127. The lowest BCUT2D eigenvalue weighted by molar-refractivity contribution is -0.159. The van der Waals surface area contributed by atoms with E-state index in [1.807, 2.05) is 6.92 Å². The molecule has 0 aliphatic carbocycles. The monoisotopic (exact) mass is 465 g/mol. The molecule has 2 aliphatic heterocycles. The van der Waals surface area contributed by atoms with Crippen molar-refractivity contribution in [3.63, 3.8) is 0 Å². The standard InChI is InChI=1S/C20H20BrNO5S/c1-20-11-16(15-10-13(26-3)6-9-17(15)27-20)18(19(23)22(20)2)28(24,25)14-7-4-12(21)5-8-14/h4-10,16,18H,11H2,1-3H3/t16-,18+,20-/m1/s1. The Kier molecular flexibility index (Phi) is 4.46. The number of fused-ring (bicyclic) bond motifs is 4. The van der Waals surface area contributed by atoms with E-state index in [1.165, 1.54) is 17.0 Å². The zero-order chi connectivity index (χ0) is 20.3. The van der Waals surface area contributed by atoms with Crippen molar-refractivity contribution >= 4 is 31.7 Å². The first-order valence-electron chi connectivity index (χ1n) is 8.81. The number of amides is 1. The van der Waals surface area contributed by atoms with Crippen LogP contribution in [0.3, 0.4) is 0 Å². The van der Waals surface area contributed by atoms with Crippen LogP contribution in [0.4, 0.5) is 0 Å². The van der Waals surface area contributed by atoms with E-state index in [0.29, 0.717) is 23.5 Å². The summed E-state index contributed by atoms with van der Waals surface area (Å²) in [7, 11) is -0.768.